The molecule has 1 unspecified atom stereocenters. The number of ether oxygens (including phenoxy) is 1. The first-order valence-electron chi connectivity index (χ1n) is 3.64. The first-order chi connectivity index (χ1) is 5.33. The lowest BCUT2D eigenvalue weighted by Crippen LogP contribution is -2.19. The van der Waals surface area contributed by atoms with E-state index in [4.69, 9.17) is 9.84 Å². The molecule has 4 heteroatoms. The van der Waals surface area contributed by atoms with Crippen molar-refractivity contribution >= 4 is 12.1 Å². The van der Waals surface area contributed by atoms with Crippen LogP contribution in [-0.2, 0) is 4.74 Å². The fourth-order valence-corrected chi connectivity index (χ4v) is 0.734. The molecule has 1 heterocycles. The van der Waals surface area contributed by atoms with Crippen LogP contribution in [0.3, 0.4) is 0 Å². The van der Waals surface area contributed by atoms with Crippen LogP contribution < -0.4 is 0 Å². The zero-order valence-electron chi connectivity index (χ0n) is 6.53. The molecule has 0 aromatic carbocycles. The standard InChI is InChI=1S/C7H12N2O2/c1-6-4-9-7(5-8-6)11-3-2-10/h5-6,10H,2-4H2,1H3. The summed E-state index contributed by atoms with van der Waals surface area (Å²) in [5.74, 6) is 0.525. The maximum atomic E-state index is 8.42. The van der Waals surface area contributed by atoms with E-state index >= 15 is 0 Å². The molecule has 0 radical (unpaired) electrons. The first-order valence-corrected chi connectivity index (χ1v) is 3.64. The van der Waals surface area contributed by atoms with Gasteiger partial charge in [-0.1, -0.05) is 0 Å². The van der Waals surface area contributed by atoms with Gasteiger partial charge >= 0.3 is 0 Å². The summed E-state index contributed by atoms with van der Waals surface area (Å²) >= 11 is 0. The Hall–Kier alpha value is -0.900. The minimum absolute atomic E-state index is 0.0163. The van der Waals surface area contributed by atoms with E-state index in [1.54, 1.807) is 6.21 Å². The SMILES string of the molecule is CC1CN=C(OCCO)C=N1. The van der Waals surface area contributed by atoms with E-state index in [2.05, 4.69) is 9.98 Å². The van der Waals surface area contributed by atoms with Gasteiger partial charge in [0.25, 0.3) is 0 Å². The highest BCUT2D eigenvalue weighted by Gasteiger charge is 2.05. The largest absolute Gasteiger partial charge is 0.474 e. The summed E-state index contributed by atoms with van der Waals surface area (Å²) in [6.07, 6.45) is 1.60. The van der Waals surface area contributed by atoms with Crippen molar-refractivity contribution in [1.29, 1.82) is 0 Å². The lowest BCUT2D eigenvalue weighted by atomic mass is 10.3. The fraction of sp³-hybridized carbons (Fsp3) is 0.714. The highest BCUT2D eigenvalue weighted by atomic mass is 16.5. The Labute approximate surface area is 65.6 Å². The number of hydrogen-bond acceptors (Lipinski definition) is 4. The molecule has 0 amide bonds. The van der Waals surface area contributed by atoms with Crippen molar-refractivity contribution in [3.63, 3.8) is 0 Å². The van der Waals surface area contributed by atoms with E-state index in [0.29, 0.717) is 19.0 Å². The second-order valence-corrected chi connectivity index (χ2v) is 2.38. The van der Waals surface area contributed by atoms with Crippen molar-refractivity contribution in [1.82, 2.24) is 0 Å². The Bertz CT molecular complexity index is 177. The van der Waals surface area contributed by atoms with E-state index in [1.165, 1.54) is 0 Å². The Morgan fingerprint density at radius 2 is 2.64 bits per heavy atom. The molecular formula is C7H12N2O2. The normalized spacial score (nSPS) is 23.1. The Morgan fingerprint density at radius 1 is 1.82 bits per heavy atom. The van der Waals surface area contributed by atoms with Gasteiger partial charge in [-0.3, -0.25) is 4.99 Å². The van der Waals surface area contributed by atoms with Crippen LogP contribution in [0.25, 0.3) is 0 Å². The van der Waals surface area contributed by atoms with E-state index in [1.807, 2.05) is 6.92 Å². The van der Waals surface area contributed by atoms with E-state index in [0.717, 1.165) is 0 Å². The molecule has 11 heavy (non-hydrogen) atoms. The molecule has 0 aromatic heterocycles. The molecule has 1 N–H and O–H groups in total. The predicted octanol–water partition coefficient (Wildman–Crippen LogP) is -0.133. The molecule has 4 nitrogen and oxygen atoms in total. The number of rotatable bonds is 2. The van der Waals surface area contributed by atoms with Crippen LogP contribution in [0.2, 0.25) is 0 Å². The van der Waals surface area contributed by atoms with Gasteiger partial charge in [-0.2, -0.15) is 0 Å². The fourth-order valence-electron chi connectivity index (χ4n) is 0.734. The first kappa shape index (κ1) is 8.20. The van der Waals surface area contributed by atoms with Crippen LogP contribution in [-0.4, -0.2) is 43.0 Å². The Morgan fingerprint density at radius 3 is 3.18 bits per heavy atom. The molecule has 1 aliphatic rings. The Kier molecular flexibility index (Phi) is 3.04. The van der Waals surface area contributed by atoms with Crippen molar-refractivity contribution in [2.45, 2.75) is 13.0 Å². The number of hydrogen-bond donors (Lipinski definition) is 1. The summed E-state index contributed by atoms with van der Waals surface area (Å²) in [4.78, 5) is 8.18. The molecule has 0 aromatic rings. The molecule has 1 rings (SSSR count). The van der Waals surface area contributed by atoms with Gasteiger partial charge in [0, 0.05) is 0 Å². The van der Waals surface area contributed by atoms with Gasteiger partial charge in [-0.05, 0) is 6.92 Å². The predicted molar refractivity (Wildman–Crippen MR) is 43.3 cm³/mol. The van der Waals surface area contributed by atoms with Crippen molar-refractivity contribution in [3.8, 4) is 0 Å². The van der Waals surface area contributed by atoms with Gasteiger partial charge in [-0.15, -0.1) is 0 Å². The Balaban J connectivity index is 2.31. The number of aliphatic hydroxyl groups excluding tert-OH is 1. The van der Waals surface area contributed by atoms with Crippen LogP contribution in [0.5, 0.6) is 0 Å². The number of aliphatic imine (C=N–C) groups is 2. The summed E-state index contributed by atoms with van der Waals surface area (Å²) in [7, 11) is 0. The van der Waals surface area contributed by atoms with Gasteiger partial charge < -0.3 is 9.84 Å². The quantitative estimate of drug-likeness (QED) is 0.605. The molecule has 0 fully saturated rings. The van der Waals surface area contributed by atoms with Gasteiger partial charge in [0.1, 0.15) is 6.61 Å². The second-order valence-electron chi connectivity index (χ2n) is 2.38. The third-order valence-corrected chi connectivity index (χ3v) is 1.29. The molecule has 0 aliphatic carbocycles. The smallest absolute Gasteiger partial charge is 0.227 e. The third kappa shape index (κ3) is 2.67. The molecule has 0 saturated heterocycles. The lowest BCUT2D eigenvalue weighted by Gasteiger charge is -2.10. The molecule has 1 atom stereocenters. The van der Waals surface area contributed by atoms with Crippen LogP contribution >= 0.6 is 0 Å². The van der Waals surface area contributed by atoms with E-state index in [9.17, 15) is 0 Å². The second kappa shape index (κ2) is 4.08. The van der Waals surface area contributed by atoms with E-state index < -0.39 is 0 Å². The van der Waals surface area contributed by atoms with Gasteiger partial charge in [0.2, 0.25) is 5.90 Å². The van der Waals surface area contributed by atoms with Crippen LogP contribution in [0.4, 0.5) is 0 Å². The van der Waals surface area contributed by atoms with Crippen LogP contribution in [0.15, 0.2) is 9.98 Å². The highest BCUT2D eigenvalue weighted by molar-refractivity contribution is 6.26. The number of nitrogens with zero attached hydrogens (tertiary/aromatic N) is 2. The summed E-state index contributed by atoms with van der Waals surface area (Å²) in [6, 6.07) is 0.261. The topological polar surface area (TPSA) is 54.2 Å². The summed E-state index contributed by atoms with van der Waals surface area (Å²) < 4.78 is 5.03. The van der Waals surface area contributed by atoms with E-state index in [-0.39, 0.29) is 12.6 Å². The monoisotopic (exact) mass is 156 g/mol. The van der Waals surface area contributed by atoms with Gasteiger partial charge in [-0.25, -0.2) is 4.99 Å². The average molecular weight is 156 g/mol. The summed E-state index contributed by atoms with van der Waals surface area (Å²) in [5.41, 5.74) is 0. The summed E-state index contributed by atoms with van der Waals surface area (Å²) in [5, 5.41) is 8.42. The molecule has 1 aliphatic heterocycles. The average Bonchev–Trinajstić information content (AvgIpc) is 2.04. The zero-order valence-corrected chi connectivity index (χ0v) is 6.53. The van der Waals surface area contributed by atoms with Crippen molar-refractivity contribution in [3.05, 3.63) is 0 Å². The van der Waals surface area contributed by atoms with Crippen molar-refractivity contribution in [2.75, 3.05) is 19.8 Å². The zero-order chi connectivity index (χ0) is 8.10. The maximum Gasteiger partial charge on any atom is 0.227 e. The van der Waals surface area contributed by atoms with Crippen molar-refractivity contribution < 1.29 is 9.84 Å². The summed E-state index contributed by atoms with van der Waals surface area (Å²) in [6.45, 7) is 2.97. The molecule has 0 saturated carbocycles. The molecule has 0 bridgehead atoms. The van der Waals surface area contributed by atoms with Gasteiger partial charge in [0.05, 0.1) is 25.4 Å². The third-order valence-electron chi connectivity index (χ3n) is 1.29. The molecule has 0 spiro atoms. The van der Waals surface area contributed by atoms with Crippen molar-refractivity contribution in [2.24, 2.45) is 9.98 Å². The molecular weight excluding hydrogens is 144 g/mol. The minimum Gasteiger partial charge on any atom is -0.474 e. The minimum atomic E-state index is 0.0163. The van der Waals surface area contributed by atoms with Crippen LogP contribution in [0.1, 0.15) is 6.92 Å². The lowest BCUT2D eigenvalue weighted by molar-refractivity contribution is 0.196. The van der Waals surface area contributed by atoms with Gasteiger partial charge in [0.15, 0.2) is 0 Å². The van der Waals surface area contributed by atoms with Crippen LogP contribution in [0, 0.1) is 0 Å². The highest BCUT2D eigenvalue weighted by Crippen LogP contribution is 1.96. The number of aliphatic hydroxyl groups is 1. The maximum absolute atomic E-state index is 8.42. The molecule has 62 valence electrons.